The number of fused-ring (bicyclic) bond motifs is 3. The summed E-state index contributed by atoms with van der Waals surface area (Å²) in [6.07, 6.45) is 2.90. The maximum absolute atomic E-state index is 12.8. The summed E-state index contributed by atoms with van der Waals surface area (Å²) in [5, 5.41) is 11.8. The molecule has 2 unspecified atom stereocenters. The van der Waals surface area contributed by atoms with E-state index in [0.29, 0.717) is 23.8 Å². The maximum atomic E-state index is 12.8. The lowest BCUT2D eigenvalue weighted by Crippen LogP contribution is -2.53. The third-order valence-corrected chi connectivity index (χ3v) is 5.42. The standard InChI is InChI=1S/C18H19ClN2O2/c19-14-6-4-11-5-7-15(20-16(11)8-14)18(23)21-9-12-2-1-3-13(10-21)17(12)22/h4-8,12-13,17,22H,1-3,9-10H2. The number of amides is 1. The van der Waals surface area contributed by atoms with E-state index in [-0.39, 0.29) is 23.8 Å². The second-order valence-corrected chi connectivity index (χ2v) is 7.12. The molecule has 4 nitrogen and oxygen atoms in total. The molecule has 2 fully saturated rings. The molecule has 2 heterocycles. The average Bonchev–Trinajstić information content (AvgIpc) is 2.53. The monoisotopic (exact) mass is 330 g/mol. The highest BCUT2D eigenvalue weighted by Crippen LogP contribution is 2.35. The number of nitrogens with zero attached hydrogens (tertiary/aromatic N) is 2. The lowest BCUT2D eigenvalue weighted by Gasteiger charge is -2.44. The van der Waals surface area contributed by atoms with Crippen molar-refractivity contribution in [2.45, 2.75) is 25.4 Å². The molecule has 1 aromatic carbocycles. The van der Waals surface area contributed by atoms with Crippen molar-refractivity contribution >= 4 is 28.4 Å². The van der Waals surface area contributed by atoms with Gasteiger partial charge >= 0.3 is 0 Å². The van der Waals surface area contributed by atoms with Crippen molar-refractivity contribution in [3.8, 4) is 0 Å². The van der Waals surface area contributed by atoms with Crippen LogP contribution in [0.15, 0.2) is 30.3 Å². The van der Waals surface area contributed by atoms with Crippen LogP contribution in [-0.2, 0) is 0 Å². The molecular formula is C18H19ClN2O2. The largest absolute Gasteiger partial charge is 0.392 e. The summed E-state index contributed by atoms with van der Waals surface area (Å²) >= 11 is 6.02. The van der Waals surface area contributed by atoms with Crippen molar-refractivity contribution in [2.24, 2.45) is 11.8 Å². The van der Waals surface area contributed by atoms with Gasteiger partial charge in [-0.3, -0.25) is 4.79 Å². The Balaban J connectivity index is 1.61. The number of aliphatic hydroxyl groups excluding tert-OH is 1. The van der Waals surface area contributed by atoms with Gasteiger partial charge in [-0.05, 0) is 31.0 Å². The zero-order valence-electron chi connectivity index (χ0n) is 12.8. The zero-order chi connectivity index (χ0) is 16.0. The number of hydrogen-bond donors (Lipinski definition) is 1. The van der Waals surface area contributed by atoms with Gasteiger partial charge in [0.05, 0.1) is 11.6 Å². The Kier molecular flexibility index (Phi) is 3.74. The normalized spacial score (nSPS) is 27.2. The van der Waals surface area contributed by atoms with Gasteiger partial charge in [0, 0.05) is 35.3 Å². The Hall–Kier alpha value is -1.65. The summed E-state index contributed by atoms with van der Waals surface area (Å²) in [5.74, 6) is 0.373. The van der Waals surface area contributed by atoms with E-state index in [1.165, 1.54) is 0 Å². The molecule has 2 atom stereocenters. The van der Waals surface area contributed by atoms with Crippen LogP contribution in [-0.4, -0.2) is 40.1 Å². The molecule has 0 radical (unpaired) electrons. The van der Waals surface area contributed by atoms with E-state index in [2.05, 4.69) is 4.98 Å². The fraction of sp³-hybridized carbons (Fsp3) is 0.444. The van der Waals surface area contributed by atoms with Crippen LogP contribution in [0.25, 0.3) is 10.9 Å². The summed E-state index contributed by atoms with van der Waals surface area (Å²) < 4.78 is 0. The van der Waals surface area contributed by atoms with Gasteiger partial charge in [-0.25, -0.2) is 4.98 Å². The van der Waals surface area contributed by atoms with Gasteiger partial charge in [0.2, 0.25) is 0 Å². The van der Waals surface area contributed by atoms with E-state index in [9.17, 15) is 9.90 Å². The van der Waals surface area contributed by atoms with E-state index in [4.69, 9.17) is 11.6 Å². The number of hydrogen-bond acceptors (Lipinski definition) is 3. The third kappa shape index (κ3) is 2.70. The number of aliphatic hydroxyl groups is 1. The molecular weight excluding hydrogens is 312 g/mol. The first-order valence-electron chi connectivity index (χ1n) is 8.15. The smallest absolute Gasteiger partial charge is 0.272 e. The molecule has 2 aromatic rings. The van der Waals surface area contributed by atoms with Gasteiger partial charge in [-0.15, -0.1) is 0 Å². The lowest BCUT2D eigenvalue weighted by atomic mass is 9.75. The first-order valence-corrected chi connectivity index (χ1v) is 8.53. The molecule has 1 amide bonds. The molecule has 1 aliphatic heterocycles. The summed E-state index contributed by atoms with van der Waals surface area (Å²) in [6.45, 7) is 1.26. The van der Waals surface area contributed by atoms with E-state index in [1.807, 2.05) is 23.1 Å². The van der Waals surface area contributed by atoms with Gasteiger partial charge in [-0.1, -0.05) is 30.2 Å². The topological polar surface area (TPSA) is 53.4 Å². The van der Waals surface area contributed by atoms with Crippen LogP contribution < -0.4 is 0 Å². The van der Waals surface area contributed by atoms with Crippen LogP contribution in [0, 0.1) is 11.8 Å². The number of rotatable bonds is 1. The lowest BCUT2D eigenvalue weighted by molar-refractivity contribution is -0.0414. The summed E-state index contributed by atoms with van der Waals surface area (Å²) in [7, 11) is 0. The Morgan fingerprint density at radius 1 is 1.17 bits per heavy atom. The molecule has 1 aromatic heterocycles. The van der Waals surface area contributed by atoms with E-state index in [1.54, 1.807) is 12.1 Å². The fourth-order valence-corrected chi connectivity index (χ4v) is 4.11. The van der Waals surface area contributed by atoms with Gasteiger partial charge in [-0.2, -0.15) is 0 Å². The van der Waals surface area contributed by atoms with E-state index >= 15 is 0 Å². The number of halogens is 1. The Labute approximate surface area is 140 Å². The van der Waals surface area contributed by atoms with Gasteiger partial charge in [0.15, 0.2) is 0 Å². The van der Waals surface area contributed by atoms with Crippen LogP contribution in [0.2, 0.25) is 5.02 Å². The molecule has 23 heavy (non-hydrogen) atoms. The SMILES string of the molecule is O=C(c1ccc2ccc(Cl)cc2n1)N1CC2CCCC(C1)C2O. The van der Waals surface area contributed by atoms with Crippen molar-refractivity contribution in [1.82, 2.24) is 9.88 Å². The van der Waals surface area contributed by atoms with Crippen molar-refractivity contribution in [3.05, 3.63) is 41.0 Å². The average molecular weight is 331 g/mol. The molecule has 4 rings (SSSR count). The summed E-state index contributed by atoms with van der Waals surface area (Å²) in [5.41, 5.74) is 1.19. The van der Waals surface area contributed by atoms with Crippen molar-refractivity contribution in [3.63, 3.8) is 0 Å². The molecule has 5 heteroatoms. The van der Waals surface area contributed by atoms with Crippen molar-refractivity contribution in [1.29, 1.82) is 0 Å². The molecule has 2 bridgehead atoms. The Morgan fingerprint density at radius 3 is 2.61 bits per heavy atom. The molecule has 1 aliphatic carbocycles. The Bertz CT molecular complexity index is 750. The number of pyridine rings is 1. The molecule has 1 saturated carbocycles. The van der Waals surface area contributed by atoms with Crippen LogP contribution in [0.4, 0.5) is 0 Å². The first-order chi connectivity index (χ1) is 11.1. The highest BCUT2D eigenvalue weighted by atomic mass is 35.5. The summed E-state index contributed by atoms with van der Waals surface area (Å²) in [4.78, 5) is 19.2. The van der Waals surface area contributed by atoms with Crippen molar-refractivity contribution in [2.75, 3.05) is 13.1 Å². The highest BCUT2D eigenvalue weighted by Gasteiger charge is 2.40. The second-order valence-electron chi connectivity index (χ2n) is 6.69. The molecule has 1 N–H and O–H groups in total. The van der Waals surface area contributed by atoms with Crippen molar-refractivity contribution < 1.29 is 9.90 Å². The quantitative estimate of drug-likeness (QED) is 0.874. The molecule has 1 saturated heterocycles. The number of aromatic nitrogens is 1. The van der Waals surface area contributed by atoms with E-state index < -0.39 is 0 Å². The minimum Gasteiger partial charge on any atom is -0.392 e. The second kappa shape index (κ2) is 5.77. The first kappa shape index (κ1) is 14.9. The van der Waals surface area contributed by atoms with Crippen LogP contribution in [0.5, 0.6) is 0 Å². The van der Waals surface area contributed by atoms with Gasteiger partial charge < -0.3 is 10.0 Å². The minimum atomic E-state index is -0.254. The zero-order valence-corrected chi connectivity index (χ0v) is 13.5. The molecule has 0 spiro atoms. The number of carbonyl (C=O) groups is 1. The van der Waals surface area contributed by atoms with Crippen LogP contribution in [0.3, 0.4) is 0 Å². The third-order valence-electron chi connectivity index (χ3n) is 5.19. The minimum absolute atomic E-state index is 0.0457. The summed E-state index contributed by atoms with van der Waals surface area (Å²) in [6, 6.07) is 9.19. The number of piperidine rings is 1. The predicted molar refractivity (Wildman–Crippen MR) is 89.5 cm³/mol. The van der Waals surface area contributed by atoms with E-state index in [0.717, 1.165) is 30.2 Å². The Morgan fingerprint density at radius 2 is 1.87 bits per heavy atom. The number of benzene rings is 1. The molecule has 120 valence electrons. The number of likely N-dealkylation sites (tertiary alicyclic amines) is 1. The van der Waals surface area contributed by atoms with Crippen LogP contribution >= 0.6 is 11.6 Å². The predicted octanol–water partition coefficient (Wildman–Crippen LogP) is 3.12. The van der Waals surface area contributed by atoms with Gasteiger partial charge in [0.1, 0.15) is 5.69 Å². The maximum Gasteiger partial charge on any atom is 0.272 e. The van der Waals surface area contributed by atoms with Crippen LogP contribution in [0.1, 0.15) is 29.8 Å². The van der Waals surface area contributed by atoms with Gasteiger partial charge in [0.25, 0.3) is 5.91 Å². The molecule has 2 aliphatic rings. The fourth-order valence-electron chi connectivity index (χ4n) is 3.95. The highest BCUT2D eigenvalue weighted by molar-refractivity contribution is 6.31. The number of carbonyl (C=O) groups excluding carboxylic acids is 1.